The van der Waals surface area contributed by atoms with Gasteiger partial charge in [-0.25, -0.2) is 8.42 Å². The average Bonchev–Trinajstić information content (AvgIpc) is 2.34. The number of nitrogens with zero attached hydrogens (tertiary/aromatic N) is 1. The standard InChI is InChI=1S/C13H16N2O4S/c1-9(6-18-2)7-19-11-5-3-4-10-8-20(16,17)15-13(14)12(10)11/h3-5H,1,6-8H2,2H3,(H2,14,15). The largest absolute Gasteiger partial charge is 0.488 e. The number of methoxy groups -OCH3 is 1. The summed E-state index contributed by atoms with van der Waals surface area (Å²) in [5.74, 6) is 0.286. The van der Waals surface area contributed by atoms with Gasteiger partial charge in [-0.15, -0.1) is 4.40 Å². The minimum Gasteiger partial charge on any atom is -0.488 e. The molecule has 0 aliphatic carbocycles. The van der Waals surface area contributed by atoms with Crippen LogP contribution in [0.3, 0.4) is 0 Å². The summed E-state index contributed by atoms with van der Waals surface area (Å²) in [5, 5.41) is 0. The van der Waals surface area contributed by atoms with E-state index in [1.807, 2.05) is 0 Å². The molecule has 6 nitrogen and oxygen atoms in total. The zero-order valence-corrected chi connectivity index (χ0v) is 11.9. The lowest BCUT2D eigenvalue weighted by Gasteiger charge is -2.18. The van der Waals surface area contributed by atoms with E-state index < -0.39 is 10.0 Å². The molecule has 0 amide bonds. The van der Waals surface area contributed by atoms with Crippen LogP contribution < -0.4 is 10.5 Å². The van der Waals surface area contributed by atoms with E-state index in [9.17, 15) is 8.42 Å². The molecule has 0 saturated carbocycles. The summed E-state index contributed by atoms with van der Waals surface area (Å²) in [6.45, 7) is 4.47. The summed E-state index contributed by atoms with van der Waals surface area (Å²) in [5.41, 5.74) is 7.62. The van der Waals surface area contributed by atoms with Gasteiger partial charge < -0.3 is 15.2 Å². The van der Waals surface area contributed by atoms with Crippen molar-refractivity contribution in [1.29, 1.82) is 0 Å². The summed E-state index contributed by atoms with van der Waals surface area (Å²) in [7, 11) is -1.96. The number of nitrogens with two attached hydrogens (primary N) is 1. The lowest BCUT2D eigenvalue weighted by Crippen LogP contribution is -2.25. The Labute approximate surface area is 118 Å². The van der Waals surface area contributed by atoms with E-state index in [1.165, 1.54) is 0 Å². The van der Waals surface area contributed by atoms with Crippen LogP contribution in [0.4, 0.5) is 0 Å². The van der Waals surface area contributed by atoms with Gasteiger partial charge in [0.05, 0.1) is 17.9 Å². The molecule has 0 bridgehead atoms. The van der Waals surface area contributed by atoms with Crippen molar-refractivity contribution in [2.75, 3.05) is 20.3 Å². The lowest BCUT2D eigenvalue weighted by atomic mass is 10.1. The Kier molecular flexibility index (Phi) is 4.10. The first-order valence-electron chi connectivity index (χ1n) is 5.91. The molecule has 2 N–H and O–H groups in total. The maximum absolute atomic E-state index is 11.5. The first kappa shape index (κ1) is 14.5. The zero-order valence-electron chi connectivity index (χ0n) is 11.1. The van der Waals surface area contributed by atoms with Crippen molar-refractivity contribution in [1.82, 2.24) is 0 Å². The van der Waals surface area contributed by atoms with Crippen LogP contribution in [0.1, 0.15) is 11.1 Å². The van der Waals surface area contributed by atoms with Crippen molar-refractivity contribution in [3.05, 3.63) is 41.5 Å². The first-order valence-corrected chi connectivity index (χ1v) is 7.52. The smallest absolute Gasteiger partial charge is 0.259 e. The Balaban J connectivity index is 2.27. The van der Waals surface area contributed by atoms with Crippen molar-refractivity contribution in [3.63, 3.8) is 0 Å². The van der Waals surface area contributed by atoms with Crippen molar-refractivity contribution < 1.29 is 17.9 Å². The molecule has 0 atom stereocenters. The molecular formula is C13H16N2O4S. The summed E-state index contributed by atoms with van der Waals surface area (Å²) >= 11 is 0. The Bertz CT molecular complexity index is 665. The van der Waals surface area contributed by atoms with Crippen LogP contribution in [0, 0.1) is 0 Å². The van der Waals surface area contributed by atoms with Crippen LogP contribution in [0.25, 0.3) is 0 Å². The van der Waals surface area contributed by atoms with Gasteiger partial charge in [0.1, 0.15) is 18.2 Å². The fraction of sp³-hybridized carbons (Fsp3) is 0.308. The normalized spacial score (nSPS) is 16.1. The van der Waals surface area contributed by atoms with Crippen LogP contribution in [0.15, 0.2) is 34.7 Å². The highest BCUT2D eigenvalue weighted by Crippen LogP contribution is 2.28. The average molecular weight is 296 g/mol. The van der Waals surface area contributed by atoms with Gasteiger partial charge in [0.15, 0.2) is 0 Å². The summed E-state index contributed by atoms with van der Waals surface area (Å²) < 4.78 is 37.2. The number of fused-ring (bicyclic) bond motifs is 1. The molecule has 20 heavy (non-hydrogen) atoms. The van der Waals surface area contributed by atoms with Crippen LogP contribution in [0.2, 0.25) is 0 Å². The van der Waals surface area contributed by atoms with Crippen LogP contribution >= 0.6 is 0 Å². The Morgan fingerprint density at radius 3 is 2.90 bits per heavy atom. The van der Waals surface area contributed by atoms with E-state index in [0.29, 0.717) is 23.5 Å². The monoisotopic (exact) mass is 296 g/mol. The van der Waals surface area contributed by atoms with Crippen molar-refractivity contribution in [2.24, 2.45) is 10.1 Å². The van der Waals surface area contributed by atoms with Crippen LogP contribution in [0.5, 0.6) is 5.75 Å². The van der Waals surface area contributed by atoms with E-state index in [-0.39, 0.29) is 18.2 Å². The van der Waals surface area contributed by atoms with Crippen LogP contribution in [-0.4, -0.2) is 34.6 Å². The maximum Gasteiger partial charge on any atom is 0.259 e. The number of sulfonamides is 1. The number of rotatable bonds is 5. The van der Waals surface area contributed by atoms with E-state index >= 15 is 0 Å². The second-order valence-corrected chi connectivity index (χ2v) is 6.10. The van der Waals surface area contributed by atoms with Gasteiger partial charge in [0, 0.05) is 7.11 Å². The maximum atomic E-state index is 11.5. The second-order valence-electron chi connectivity index (χ2n) is 4.46. The van der Waals surface area contributed by atoms with Gasteiger partial charge in [-0.3, -0.25) is 0 Å². The van der Waals surface area contributed by atoms with Crippen molar-refractivity contribution in [3.8, 4) is 5.75 Å². The van der Waals surface area contributed by atoms with Gasteiger partial charge in [-0.1, -0.05) is 18.7 Å². The molecule has 0 aromatic heterocycles. The fourth-order valence-corrected chi connectivity index (χ4v) is 3.05. The molecule has 0 saturated heterocycles. The Morgan fingerprint density at radius 1 is 1.45 bits per heavy atom. The predicted octanol–water partition coefficient (Wildman–Crippen LogP) is 0.817. The number of ether oxygens (including phenoxy) is 2. The van der Waals surface area contributed by atoms with Crippen molar-refractivity contribution in [2.45, 2.75) is 5.75 Å². The van der Waals surface area contributed by atoms with Gasteiger partial charge in [-0.2, -0.15) is 0 Å². The minimum absolute atomic E-state index is 0.0424. The molecule has 1 aromatic rings. The minimum atomic E-state index is -3.53. The molecular weight excluding hydrogens is 280 g/mol. The highest BCUT2D eigenvalue weighted by atomic mass is 32.2. The molecule has 0 fully saturated rings. The third-order valence-corrected chi connectivity index (χ3v) is 3.87. The van der Waals surface area contributed by atoms with E-state index in [4.69, 9.17) is 15.2 Å². The lowest BCUT2D eigenvalue weighted by molar-refractivity contribution is 0.211. The first-order chi connectivity index (χ1) is 9.43. The SMILES string of the molecule is C=C(COC)COc1cccc2c1C(N)=NS(=O)(=O)C2. The van der Waals surface area contributed by atoms with Gasteiger partial charge >= 0.3 is 0 Å². The third-order valence-electron chi connectivity index (χ3n) is 2.72. The molecule has 108 valence electrons. The van der Waals surface area contributed by atoms with E-state index in [0.717, 1.165) is 5.57 Å². The highest BCUT2D eigenvalue weighted by Gasteiger charge is 2.25. The number of amidine groups is 1. The van der Waals surface area contributed by atoms with E-state index in [2.05, 4.69) is 11.0 Å². The summed E-state index contributed by atoms with van der Waals surface area (Å²) in [4.78, 5) is 0. The number of hydrogen-bond acceptors (Lipinski definition) is 5. The molecule has 0 spiro atoms. The fourth-order valence-electron chi connectivity index (χ4n) is 1.96. The molecule has 1 aliphatic rings. The zero-order chi connectivity index (χ0) is 14.8. The summed E-state index contributed by atoms with van der Waals surface area (Å²) in [6.07, 6.45) is 0. The van der Waals surface area contributed by atoms with E-state index in [1.54, 1.807) is 25.3 Å². The number of hydrogen-bond donors (Lipinski definition) is 1. The second kappa shape index (κ2) is 5.64. The molecule has 1 aliphatic heterocycles. The van der Waals surface area contributed by atoms with Gasteiger partial charge in [0.2, 0.25) is 0 Å². The van der Waals surface area contributed by atoms with Crippen molar-refractivity contribution >= 4 is 15.9 Å². The van der Waals surface area contributed by atoms with Gasteiger partial charge in [0.25, 0.3) is 10.0 Å². The van der Waals surface area contributed by atoms with Gasteiger partial charge in [-0.05, 0) is 17.2 Å². The highest BCUT2D eigenvalue weighted by molar-refractivity contribution is 7.89. The molecule has 1 heterocycles. The molecule has 7 heteroatoms. The topological polar surface area (TPSA) is 91.0 Å². The molecule has 2 rings (SSSR count). The molecule has 1 aromatic carbocycles. The predicted molar refractivity (Wildman–Crippen MR) is 76.3 cm³/mol. The summed E-state index contributed by atoms with van der Waals surface area (Å²) in [6, 6.07) is 5.14. The Hall–Kier alpha value is -1.86. The van der Waals surface area contributed by atoms with Crippen LogP contribution in [-0.2, 0) is 20.5 Å². The quantitative estimate of drug-likeness (QED) is 0.812. The molecule has 0 radical (unpaired) electrons. The Morgan fingerprint density at radius 2 is 2.20 bits per heavy atom. The number of benzene rings is 1. The molecule has 0 unspecified atom stereocenters. The third kappa shape index (κ3) is 3.17.